The minimum atomic E-state index is -4.71. The number of hydrogen-bond acceptors (Lipinski definition) is 7. The minimum absolute atomic E-state index is 0.0360. The van der Waals surface area contributed by atoms with Crippen molar-refractivity contribution in [2.75, 3.05) is 40.9 Å². The van der Waals surface area contributed by atoms with Crippen LogP contribution in [0.3, 0.4) is 0 Å². The quantitative estimate of drug-likeness (QED) is 0.0212. The molecule has 440 valence electrons. The Labute approximate surface area is 473 Å². The van der Waals surface area contributed by atoms with Crippen LogP contribution in [0.4, 0.5) is 0 Å². The summed E-state index contributed by atoms with van der Waals surface area (Å²) < 4.78 is 30.3. The molecule has 0 aliphatic carbocycles. The van der Waals surface area contributed by atoms with Crippen LogP contribution in [0.1, 0.15) is 239 Å². The van der Waals surface area contributed by atoms with Gasteiger partial charge < -0.3 is 28.5 Å². The van der Waals surface area contributed by atoms with Crippen molar-refractivity contribution in [2.24, 2.45) is 0 Å². The number of esters is 1. The van der Waals surface area contributed by atoms with Crippen LogP contribution in [-0.4, -0.2) is 69.4 Å². The number of amides is 1. The van der Waals surface area contributed by atoms with Gasteiger partial charge in [0, 0.05) is 12.8 Å². The Morgan fingerprint density at radius 1 is 0.468 bits per heavy atom. The summed E-state index contributed by atoms with van der Waals surface area (Å²) in [6, 6.07) is -0.914. The number of nitrogens with zero attached hydrogens (tertiary/aromatic N) is 1. The van der Waals surface area contributed by atoms with E-state index < -0.39 is 26.6 Å². The molecule has 77 heavy (non-hydrogen) atoms. The number of carbonyl (C=O) groups excluding carboxylic acids is 2. The summed E-state index contributed by atoms with van der Waals surface area (Å²) in [5.41, 5.74) is 0. The van der Waals surface area contributed by atoms with Gasteiger partial charge in [-0.05, 0) is 115 Å². The van der Waals surface area contributed by atoms with Gasteiger partial charge in [-0.25, -0.2) is 0 Å². The van der Waals surface area contributed by atoms with Crippen LogP contribution >= 0.6 is 7.82 Å². The molecule has 0 aromatic rings. The van der Waals surface area contributed by atoms with Crippen LogP contribution in [0, 0.1) is 0 Å². The number of nitrogens with one attached hydrogen (secondary N) is 1. The monoisotopic (exact) mass is 1090 g/mol. The van der Waals surface area contributed by atoms with Gasteiger partial charge in [-0.1, -0.05) is 233 Å². The number of likely N-dealkylation sites (N-methyl/N-ethyl adjacent to an activating group) is 1. The molecule has 0 saturated carbocycles. The molecule has 0 saturated heterocycles. The van der Waals surface area contributed by atoms with E-state index in [4.69, 9.17) is 13.8 Å². The van der Waals surface area contributed by atoms with E-state index in [2.05, 4.69) is 135 Å². The smallest absolute Gasteiger partial charge is 0.306 e. The molecule has 0 bridgehead atoms. The second-order valence-corrected chi connectivity index (χ2v) is 22.9. The van der Waals surface area contributed by atoms with Crippen molar-refractivity contribution < 1.29 is 37.3 Å². The van der Waals surface area contributed by atoms with Gasteiger partial charge in [-0.15, -0.1) is 0 Å². The summed E-state index contributed by atoms with van der Waals surface area (Å²) in [6.07, 6.45) is 77.4. The van der Waals surface area contributed by atoms with Gasteiger partial charge in [0.25, 0.3) is 7.82 Å². The van der Waals surface area contributed by atoms with Crippen molar-refractivity contribution in [1.82, 2.24) is 5.32 Å². The van der Waals surface area contributed by atoms with Crippen LogP contribution in [0.2, 0.25) is 0 Å². The summed E-state index contributed by atoms with van der Waals surface area (Å²) >= 11 is 0. The molecule has 3 unspecified atom stereocenters. The molecule has 1 N–H and O–H groups in total. The normalized spacial score (nSPS) is 14.5. The molecule has 0 aliphatic heterocycles. The molecule has 10 heteroatoms. The molecule has 0 aliphatic rings. The zero-order chi connectivity index (χ0) is 56.4. The topological polar surface area (TPSA) is 114 Å². The zero-order valence-electron chi connectivity index (χ0n) is 50.1. The fraction of sp³-hybridized carbons (Fsp3) is 0.672. The number of hydrogen-bond donors (Lipinski definition) is 1. The van der Waals surface area contributed by atoms with Gasteiger partial charge in [-0.3, -0.25) is 14.2 Å². The Bertz CT molecular complexity index is 1730. The van der Waals surface area contributed by atoms with E-state index in [0.717, 1.165) is 141 Å². The van der Waals surface area contributed by atoms with Crippen LogP contribution in [0.5, 0.6) is 0 Å². The van der Waals surface area contributed by atoms with Crippen molar-refractivity contribution in [3.05, 3.63) is 122 Å². The first-order valence-corrected chi connectivity index (χ1v) is 32.3. The van der Waals surface area contributed by atoms with Gasteiger partial charge in [0.2, 0.25) is 5.91 Å². The van der Waals surface area contributed by atoms with Gasteiger partial charge in [-0.2, -0.15) is 0 Å². The summed E-state index contributed by atoms with van der Waals surface area (Å²) in [6.45, 7) is 6.57. The zero-order valence-corrected chi connectivity index (χ0v) is 51.0. The van der Waals surface area contributed by atoms with E-state index in [0.29, 0.717) is 23.9 Å². The van der Waals surface area contributed by atoms with Gasteiger partial charge in [0.05, 0.1) is 33.8 Å². The van der Waals surface area contributed by atoms with E-state index in [-0.39, 0.29) is 31.3 Å². The maximum absolute atomic E-state index is 13.5. The highest BCUT2D eigenvalue weighted by Crippen LogP contribution is 2.38. The SMILES string of the molecule is CC/C=C\C/C=C\C/C=C\C/C=C\C/C=C\C/C=C\CCCCCCCCC(=O)OC(/C=C\CCCCCCCCCCCC)C(COP(=O)([O-])OCC[N+](C)(C)C)NC(=O)CCCCCC/C=C/C/C=C/C/C=C/CC. The lowest BCUT2D eigenvalue weighted by atomic mass is 10.0. The number of quaternary nitrogens is 1. The van der Waals surface area contributed by atoms with Gasteiger partial charge >= 0.3 is 5.97 Å². The first-order chi connectivity index (χ1) is 37.4. The van der Waals surface area contributed by atoms with E-state index in [9.17, 15) is 19.0 Å². The third-order valence-electron chi connectivity index (χ3n) is 12.9. The maximum Gasteiger partial charge on any atom is 0.306 e. The molecule has 0 heterocycles. The molecule has 3 atom stereocenters. The second-order valence-electron chi connectivity index (χ2n) is 21.4. The van der Waals surface area contributed by atoms with Crippen molar-refractivity contribution in [3.63, 3.8) is 0 Å². The largest absolute Gasteiger partial charge is 0.756 e. The number of rotatable bonds is 54. The molecule has 9 nitrogen and oxygen atoms in total. The fourth-order valence-electron chi connectivity index (χ4n) is 8.19. The third kappa shape index (κ3) is 56.9. The molecule has 0 spiro atoms. The minimum Gasteiger partial charge on any atom is -0.756 e. The Morgan fingerprint density at radius 3 is 1.25 bits per heavy atom. The maximum atomic E-state index is 13.5. The first-order valence-electron chi connectivity index (χ1n) is 30.8. The van der Waals surface area contributed by atoms with E-state index in [1.165, 1.54) is 51.4 Å². The molecule has 1 amide bonds. The third-order valence-corrected chi connectivity index (χ3v) is 13.9. The highest BCUT2D eigenvalue weighted by molar-refractivity contribution is 7.45. The molecule has 0 radical (unpaired) electrons. The first kappa shape index (κ1) is 73.4. The Hall–Kier alpha value is -3.59. The number of phosphoric acid groups is 1. The number of phosphoric ester groups is 1. The van der Waals surface area contributed by atoms with Crippen molar-refractivity contribution in [2.45, 2.75) is 251 Å². The lowest BCUT2D eigenvalue weighted by Crippen LogP contribution is -2.47. The number of carbonyl (C=O) groups is 2. The number of allylic oxidation sites excluding steroid dienone is 19. The Morgan fingerprint density at radius 2 is 0.831 bits per heavy atom. The molecule has 0 rings (SSSR count). The van der Waals surface area contributed by atoms with E-state index >= 15 is 0 Å². The molecular formula is C67H115N2O7P. The van der Waals surface area contributed by atoms with E-state index in [1.807, 2.05) is 33.3 Å². The predicted molar refractivity (Wildman–Crippen MR) is 330 cm³/mol. The Balaban J connectivity index is 5.25. The molecule has 0 aromatic heterocycles. The number of unbranched alkanes of at least 4 members (excludes halogenated alkanes) is 20. The van der Waals surface area contributed by atoms with Crippen LogP contribution < -0.4 is 10.2 Å². The molecule has 0 fully saturated rings. The lowest BCUT2D eigenvalue weighted by Gasteiger charge is -2.30. The summed E-state index contributed by atoms with van der Waals surface area (Å²) in [4.78, 5) is 39.9. The van der Waals surface area contributed by atoms with Crippen LogP contribution in [-0.2, 0) is 27.9 Å². The summed E-state index contributed by atoms with van der Waals surface area (Å²) in [7, 11) is 1.14. The van der Waals surface area contributed by atoms with Gasteiger partial charge in [0.1, 0.15) is 19.3 Å². The average Bonchev–Trinajstić information content (AvgIpc) is 3.39. The van der Waals surface area contributed by atoms with Gasteiger partial charge in [0.15, 0.2) is 0 Å². The fourth-order valence-corrected chi connectivity index (χ4v) is 8.91. The molecular weight excluding hydrogens is 976 g/mol. The van der Waals surface area contributed by atoms with E-state index in [1.54, 1.807) is 0 Å². The number of ether oxygens (including phenoxy) is 1. The van der Waals surface area contributed by atoms with Crippen molar-refractivity contribution in [3.8, 4) is 0 Å². The van der Waals surface area contributed by atoms with Crippen LogP contribution in [0.15, 0.2) is 122 Å². The summed E-state index contributed by atoms with van der Waals surface area (Å²) in [5.74, 6) is -0.593. The lowest BCUT2D eigenvalue weighted by molar-refractivity contribution is -0.870. The predicted octanol–water partition coefficient (Wildman–Crippen LogP) is 18.5. The van der Waals surface area contributed by atoms with Crippen molar-refractivity contribution >= 4 is 19.7 Å². The average molecular weight is 1090 g/mol. The molecule has 0 aromatic carbocycles. The van der Waals surface area contributed by atoms with Crippen LogP contribution in [0.25, 0.3) is 0 Å². The standard InChI is InChI=1S/C67H115N2O7P/c1-7-10-13-16-19-22-25-28-30-31-32-33-34-35-36-37-38-39-40-42-45-48-51-54-57-60-67(71)76-65(58-55-52-49-46-43-27-24-21-18-15-12-9-3)64(63-75-77(72,73)74-62-61-69(4,5)6)68-66(70)59-56-53-50-47-44-41-29-26-23-20-17-14-11-8-2/h10-11,13-14,19-20,22-23,28-30,32-33,35-36,38-39,41,55,58,64-65H,7-9,12,15-18,21,24-27,31,34,37,40,42-54,56-57,59-63H2,1-6H3,(H-,68,70,72,73)/b13-10-,14-11+,22-19-,23-20+,30-28-,33-32-,36-35-,39-38-,41-29+,58-55-. The summed E-state index contributed by atoms with van der Waals surface area (Å²) in [5, 5.41) is 3.00. The Kier molecular flexibility index (Phi) is 53.1. The van der Waals surface area contributed by atoms with Crippen molar-refractivity contribution in [1.29, 1.82) is 0 Å². The highest BCUT2D eigenvalue weighted by atomic mass is 31.2. The second kappa shape index (κ2) is 55.7. The highest BCUT2D eigenvalue weighted by Gasteiger charge is 2.27.